The first-order valence-corrected chi connectivity index (χ1v) is 8.32. The van der Waals surface area contributed by atoms with Gasteiger partial charge in [0.05, 0.1) is 6.42 Å². The number of rotatable bonds is 3. The number of aromatic nitrogens is 3. The lowest BCUT2D eigenvalue weighted by Gasteiger charge is -2.05. The summed E-state index contributed by atoms with van der Waals surface area (Å²) < 4.78 is 2.18. The maximum atomic E-state index is 12.4. The molecular formula is C20H20N4O. The molecule has 5 nitrogen and oxygen atoms in total. The zero-order chi connectivity index (χ0) is 17.6. The predicted molar refractivity (Wildman–Crippen MR) is 101 cm³/mol. The van der Waals surface area contributed by atoms with Crippen LogP contribution in [0.25, 0.3) is 21.8 Å². The Morgan fingerprint density at radius 3 is 2.64 bits per heavy atom. The number of nitrogens with one attached hydrogen (secondary N) is 2. The maximum absolute atomic E-state index is 12.4. The van der Waals surface area contributed by atoms with E-state index in [-0.39, 0.29) is 5.91 Å². The topological polar surface area (TPSA) is 62.7 Å². The summed E-state index contributed by atoms with van der Waals surface area (Å²) in [5, 5.41) is 12.3. The molecule has 4 aromatic rings. The van der Waals surface area contributed by atoms with Gasteiger partial charge in [-0.2, -0.15) is 5.10 Å². The minimum Gasteiger partial charge on any atom is -0.344 e. The van der Waals surface area contributed by atoms with Crippen LogP contribution in [0.15, 0.2) is 42.5 Å². The molecule has 25 heavy (non-hydrogen) atoms. The van der Waals surface area contributed by atoms with Gasteiger partial charge < -0.3 is 9.88 Å². The summed E-state index contributed by atoms with van der Waals surface area (Å²) in [5.41, 5.74) is 5.29. The summed E-state index contributed by atoms with van der Waals surface area (Å²) in [6.45, 7) is 3.88. The minimum atomic E-state index is -0.0609. The quantitative estimate of drug-likeness (QED) is 0.598. The van der Waals surface area contributed by atoms with Crippen LogP contribution >= 0.6 is 0 Å². The number of benzene rings is 2. The van der Waals surface area contributed by atoms with Crippen molar-refractivity contribution in [3.05, 3.63) is 59.3 Å². The summed E-state index contributed by atoms with van der Waals surface area (Å²) in [6, 6.07) is 14.5. The molecule has 0 saturated carbocycles. The number of para-hydroxylation sites is 1. The third kappa shape index (κ3) is 2.58. The van der Waals surface area contributed by atoms with Gasteiger partial charge in [0.1, 0.15) is 0 Å². The van der Waals surface area contributed by atoms with Crippen LogP contribution in [0, 0.1) is 13.8 Å². The number of hydrogen-bond donors (Lipinski definition) is 2. The second-order valence-electron chi connectivity index (χ2n) is 6.47. The lowest BCUT2D eigenvalue weighted by atomic mass is 10.1. The first-order valence-electron chi connectivity index (χ1n) is 8.32. The number of fused-ring (bicyclic) bond motifs is 3. The van der Waals surface area contributed by atoms with Crippen LogP contribution in [0.2, 0.25) is 0 Å². The Kier molecular flexibility index (Phi) is 3.57. The molecule has 0 aliphatic heterocycles. The maximum Gasteiger partial charge on any atom is 0.230 e. The third-order valence-electron chi connectivity index (χ3n) is 4.85. The van der Waals surface area contributed by atoms with E-state index in [9.17, 15) is 4.79 Å². The van der Waals surface area contributed by atoms with E-state index in [1.807, 2.05) is 32.0 Å². The highest BCUT2D eigenvalue weighted by molar-refractivity contribution is 6.08. The van der Waals surface area contributed by atoms with E-state index in [1.165, 1.54) is 21.8 Å². The van der Waals surface area contributed by atoms with Crippen molar-refractivity contribution in [1.82, 2.24) is 14.8 Å². The van der Waals surface area contributed by atoms with Crippen molar-refractivity contribution in [3.8, 4) is 0 Å². The monoisotopic (exact) mass is 332 g/mol. The molecule has 2 aromatic carbocycles. The van der Waals surface area contributed by atoms with Crippen molar-refractivity contribution in [2.45, 2.75) is 20.3 Å². The number of carbonyl (C=O) groups excluding carboxylic acids is 1. The van der Waals surface area contributed by atoms with Crippen LogP contribution in [0.4, 0.5) is 5.82 Å². The Hall–Kier alpha value is -3.08. The molecule has 0 unspecified atom stereocenters. The number of carbonyl (C=O) groups is 1. The Labute approximate surface area is 145 Å². The third-order valence-corrected chi connectivity index (χ3v) is 4.85. The highest BCUT2D eigenvalue weighted by atomic mass is 16.1. The van der Waals surface area contributed by atoms with Gasteiger partial charge in [-0.15, -0.1) is 0 Å². The molecule has 0 bridgehead atoms. The van der Waals surface area contributed by atoms with E-state index in [4.69, 9.17) is 0 Å². The first kappa shape index (κ1) is 15.4. The smallest absolute Gasteiger partial charge is 0.230 e. The Balaban J connectivity index is 1.64. The molecule has 2 aromatic heterocycles. The summed E-state index contributed by atoms with van der Waals surface area (Å²) in [4.78, 5) is 12.4. The van der Waals surface area contributed by atoms with Gasteiger partial charge in [0.15, 0.2) is 5.82 Å². The summed E-state index contributed by atoms with van der Waals surface area (Å²) >= 11 is 0. The molecule has 0 aliphatic rings. The van der Waals surface area contributed by atoms with Gasteiger partial charge >= 0.3 is 0 Å². The molecule has 4 rings (SSSR count). The molecule has 5 heteroatoms. The van der Waals surface area contributed by atoms with Crippen LogP contribution in [0.1, 0.15) is 16.8 Å². The molecule has 0 fully saturated rings. The fourth-order valence-corrected chi connectivity index (χ4v) is 3.29. The average molecular weight is 332 g/mol. The molecule has 2 N–H and O–H groups in total. The Morgan fingerprint density at radius 2 is 1.88 bits per heavy atom. The number of H-pyrrole nitrogens is 1. The van der Waals surface area contributed by atoms with Crippen molar-refractivity contribution in [2.24, 2.45) is 7.05 Å². The predicted octanol–water partition coefficient (Wildman–Crippen LogP) is 3.85. The van der Waals surface area contributed by atoms with Gasteiger partial charge in [0.2, 0.25) is 5.91 Å². The zero-order valence-electron chi connectivity index (χ0n) is 14.6. The summed E-state index contributed by atoms with van der Waals surface area (Å²) in [5.74, 6) is 0.544. The average Bonchev–Trinajstić information content (AvgIpc) is 3.07. The first-order chi connectivity index (χ1) is 12.0. The molecule has 0 radical (unpaired) electrons. The SMILES string of the molecule is Cc1[nH]nc(NC(=O)Cc2ccc3c(c2)c2ccccc2n3C)c1C. The Morgan fingerprint density at radius 1 is 1.12 bits per heavy atom. The Bertz CT molecular complexity index is 1100. The molecular weight excluding hydrogens is 312 g/mol. The standard InChI is InChI=1S/C20H20N4O/c1-12-13(2)22-23-20(12)21-19(25)11-14-8-9-18-16(10-14)15-6-4-5-7-17(15)24(18)3/h4-10H,11H2,1-3H3,(H2,21,22,23,25). The lowest BCUT2D eigenvalue weighted by Crippen LogP contribution is -2.15. The van der Waals surface area contributed by atoms with E-state index < -0.39 is 0 Å². The van der Waals surface area contributed by atoms with Crippen LogP contribution < -0.4 is 5.32 Å². The van der Waals surface area contributed by atoms with Gasteiger partial charge in [0, 0.05) is 40.1 Å². The van der Waals surface area contributed by atoms with Crippen molar-refractivity contribution < 1.29 is 4.79 Å². The number of nitrogens with zero attached hydrogens (tertiary/aromatic N) is 2. The number of anilines is 1. The van der Waals surface area contributed by atoms with Gasteiger partial charge in [-0.05, 0) is 37.6 Å². The fourth-order valence-electron chi connectivity index (χ4n) is 3.29. The van der Waals surface area contributed by atoms with Crippen molar-refractivity contribution in [3.63, 3.8) is 0 Å². The zero-order valence-corrected chi connectivity index (χ0v) is 14.6. The van der Waals surface area contributed by atoms with Gasteiger partial charge in [-0.1, -0.05) is 24.3 Å². The van der Waals surface area contributed by atoms with Gasteiger partial charge in [-0.25, -0.2) is 0 Å². The summed E-state index contributed by atoms with van der Waals surface area (Å²) in [7, 11) is 2.07. The van der Waals surface area contributed by atoms with E-state index >= 15 is 0 Å². The molecule has 0 saturated heterocycles. The fraction of sp³-hybridized carbons (Fsp3) is 0.200. The van der Waals surface area contributed by atoms with Crippen molar-refractivity contribution in [2.75, 3.05) is 5.32 Å². The second-order valence-corrected chi connectivity index (χ2v) is 6.47. The molecule has 2 heterocycles. The van der Waals surface area contributed by atoms with E-state index in [2.05, 4.69) is 51.4 Å². The number of aromatic amines is 1. The molecule has 1 amide bonds. The van der Waals surface area contributed by atoms with Gasteiger partial charge in [0.25, 0.3) is 0 Å². The second kappa shape index (κ2) is 5.77. The van der Waals surface area contributed by atoms with Crippen LogP contribution in [0.3, 0.4) is 0 Å². The van der Waals surface area contributed by atoms with Crippen molar-refractivity contribution in [1.29, 1.82) is 0 Å². The van der Waals surface area contributed by atoms with E-state index in [0.29, 0.717) is 12.2 Å². The molecule has 0 spiro atoms. The number of aryl methyl sites for hydroxylation is 2. The van der Waals surface area contributed by atoms with E-state index in [1.54, 1.807) is 0 Å². The molecule has 0 aliphatic carbocycles. The normalized spacial score (nSPS) is 11.3. The molecule has 0 atom stereocenters. The van der Waals surface area contributed by atoms with Crippen LogP contribution in [-0.2, 0) is 18.3 Å². The van der Waals surface area contributed by atoms with Crippen LogP contribution in [0.5, 0.6) is 0 Å². The summed E-state index contributed by atoms with van der Waals surface area (Å²) in [6.07, 6.45) is 0.324. The largest absolute Gasteiger partial charge is 0.344 e. The van der Waals surface area contributed by atoms with Crippen LogP contribution in [-0.4, -0.2) is 20.7 Å². The highest BCUT2D eigenvalue weighted by Crippen LogP contribution is 2.28. The van der Waals surface area contributed by atoms with Gasteiger partial charge in [-0.3, -0.25) is 9.89 Å². The minimum absolute atomic E-state index is 0.0609. The lowest BCUT2D eigenvalue weighted by molar-refractivity contribution is -0.115. The number of amides is 1. The highest BCUT2D eigenvalue weighted by Gasteiger charge is 2.12. The molecule has 126 valence electrons. The van der Waals surface area contributed by atoms with E-state index in [0.717, 1.165) is 16.8 Å². The number of hydrogen-bond acceptors (Lipinski definition) is 2. The van der Waals surface area contributed by atoms with Crippen molar-refractivity contribution >= 4 is 33.5 Å².